The Kier molecular flexibility index (Phi) is 4.30. The lowest BCUT2D eigenvalue weighted by Crippen LogP contribution is -2.37. The van der Waals surface area contributed by atoms with Gasteiger partial charge in [0.15, 0.2) is 0 Å². The van der Waals surface area contributed by atoms with E-state index in [9.17, 15) is 0 Å². The minimum atomic E-state index is 0.957. The lowest BCUT2D eigenvalue weighted by Gasteiger charge is -2.32. The van der Waals surface area contributed by atoms with Gasteiger partial charge in [0, 0.05) is 25.2 Å². The number of rotatable bonds is 4. The van der Waals surface area contributed by atoms with Crippen molar-refractivity contribution in [1.82, 2.24) is 10.2 Å². The van der Waals surface area contributed by atoms with Crippen LogP contribution < -0.4 is 5.32 Å². The molecule has 0 radical (unpaired) electrons. The van der Waals surface area contributed by atoms with Gasteiger partial charge < -0.3 is 10.2 Å². The summed E-state index contributed by atoms with van der Waals surface area (Å²) in [6.07, 6.45) is 7.84. The largest absolute Gasteiger partial charge is 0.355 e. The molecule has 2 nitrogen and oxygen atoms in total. The summed E-state index contributed by atoms with van der Waals surface area (Å²) in [5.74, 6) is 0.974. The van der Waals surface area contributed by atoms with Crippen molar-refractivity contribution < 1.29 is 0 Å². The Morgan fingerprint density at radius 1 is 1.43 bits per heavy atom. The van der Waals surface area contributed by atoms with E-state index in [1.165, 1.54) is 12.8 Å². The first kappa shape index (κ1) is 10.9. The van der Waals surface area contributed by atoms with Crippen LogP contribution in [0.1, 0.15) is 26.2 Å². The number of allylic oxidation sites excluding steroid dienone is 1. The summed E-state index contributed by atoms with van der Waals surface area (Å²) in [7, 11) is 0. The number of hydrogen-bond acceptors (Lipinski definition) is 2. The number of nitrogens with zero attached hydrogens (tertiary/aromatic N) is 1. The maximum absolute atomic E-state index is 3.97. The van der Waals surface area contributed by atoms with Crippen molar-refractivity contribution in [2.24, 2.45) is 0 Å². The highest BCUT2D eigenvalue weighted by Gasteiger charge is 2.12. The lowest BCUT2D eigenvalue weighted by atomic mass is 10.2. The zero-order valence-electron chi connectivity index (χ0n) is 9.05. The third-order valence-electron chi connectivity index (χ3n) is 2.33. The summed E-state index contributed by atoms with van der Waals surface area (Å²) in [5, 5.41) is 3.17. The molecule has 0 atom stereocenters. The van der Waals surface area contributed by atoms with Crippen LogP contribution in [0.4, 0.5) is 0 Å². The van der Waals surface area contributed by atoms with Gasteiger partial charge in [0.2, 0.25) is 0 Å². The average Bonchev–Trinajstić information content (AvgIpc) is 2.15. The van der Waals surface area contributed by atoms with E-state index >= 15 is 0 Å². The van der Waals surface area contributed by atoms with Gasteiger partial charge in [-0.15, -0.1) is 0 Å². The van der Waals surface area contributed by atoms with Crippen molar-refractivity contribution in [3.05, 3.63) is 36.8 Å². The summed E-state index contributed by atoms with van der Waals surface area (Å²) < 4.78 is 0. The average molecular weight is 192 g/mol. The molecule has 0 unspecified atom stereocenters. The molecule has 1 rings (SSSR count). The van der Waals surface area contributed by atoms with Crippen LogP contribution in [0.2, 0.25) is 0 Å². The van der Waals surface area contributed by atoms with E-state index < -0.39 is 0 Å². The molecule has 0 aromatic heterocycles. The van der Waals surface area contributed by atoms with Crippen molar-refractivity contribution in [2.75, 3.05) is 13.1 Å². The molecule has 1 saturated heterocycles. The van der Waals surface area contributed by atoms with Crippen LogP contribution in [-0.2, 0) is 0 Å². The fraction of sp³-hybridized carbons (Fsp3) is 0.500. The Morgan fingerprint density at radius 3 is 2.86 bits per heavy atom. The van der Waals surface area contributed by atoms with Crippen LogP contribution >= 0.6 is 0 Å². The van der Waals surface area contributed by atoms with Gasteiger partial charge in [-0.3, -0.25) is 0 Å². The predicted octanol–water partition coefficient (Wildman–Crippen LogP) is 2.62. The van der Waals surface area contributed by atoms with E-state index in [-0.39, 0.29) is 0 Å². The van der Waals surface area contributed by atoms with Crippen LogP contribution in [-0.4, -0.2) is 18.0 Å². The molecular formula is C12H20N2. The monoisotopic (exact) mass is 192 g/mol. The normalized spacial score (nSPS) is 17.6. The molecule has 0 spiro atoms. The smallest absolute Gasteiger partial charge is 0.0983 e. The molecule has 1 N–H and O–H groups in total. The van der Waals surface area contributed by atoms with Crippen LogP contribution in [0.25, 0.3) is 0 Å². The van der Waals surface area contributed by atoms with Gasteiger partial charge in [-0.2, -0.15) is 0 Å². The van der Waals surface area contributed by atoms with Gasteiger partial charge >= 0.3 is 0 Å². The van der Waals surface area contributed by atoms with E-state index in [0.29, 0.717) is 0 Å². The number of hydrogen-bond donors (Lipinski definition) is 1. The van der Waals surface area contributed by atoms with Crippen molar-refractivity contribution in [1.29, 1.82) is 0 Å². The maximum atomic E-state index is 3.97. The van der Waals surface area contributed by atoms with Crippen molar-refractivity contribution in [3.8, 4) is 0 Å². The highest BCUT2D eigenvalue weighted by molar-refractivity contribution is 5.10. The SMILES string of the molecule is C=C1CCN(C/C=C/CCC)C(=C)N1. The molecule has 0 amide bonds. The Balaban J connectivity index is 2.31. The zero-order chi connectivity index (χ0) is 10.4. The fourth-order valence-electron chi connectivity index (χ4n) is 1.44. The molecule has 1 aliphatic rings. The Hall–Kier alpha value is -1.18. The molecule has 1 fully saturated rings. The highest BCUT2D eigenvalue weighted by atomic mass is 15.3. The Morgan fingerprint density at radius 2 is 2.21 bits per heavy atom. The summed E-state index contributed by atoms with van der Waals surface area (Å²) in [4.78, 5) is 2.24. The summed E-state index contributed by atoms with van der Waals surface area (Å²) in [6, 6.07) is 0. The summed E-state index contributed by atoms with van der Waals surface area (Å²) in [6.45, 7) is 12.0. The van der Waals surface area contributed by atoms with Gasteiger partial charge in [-0.25, -0.2) is 0 Å². The van der Waals surface area contributed by atoms with Crippen LogP contribution in [0.5, 0.6) is 0 Å². The van der Waals surface area contributed by atoms with E-state index in [2.05, 4.69) is 42.5 Å². The number of nitrogens with one attached hydrogen (secondary N) is 1. The van der Waals surface area contributed by atoms with Gasteiger partial charge in [0.05, 0.1) is 5.82 Å². The summed E-state index contributed by atoms with van der Waals surface area (Å²) in [5.41, 5.74) is 1.07. The standard InChI is InChI=1S/C12H20N2/c1-4-5-6-7-9-14-10-8-11(2)13-12(14)3/h6-7,13H,2-5,8-10H2,1H3/b7-6+. The van der Waals surface area contributed by atoms with E-state index in [4.69, 9.17) is 0 Å². The van der Waals surface area contributed by atoms with E-state index in [1.54, 1.807) is 0 Å². The predicted molar refractivity (Wildman–Crippen MR) is 61.7 cm³/mol. The quantitative estimate of drug-likeness (QED) is 0.689. The Labute approximate surface area is 87.0 Å². The highest BCUT2D eigenvalue weighted by Crippen LogP contribution is 2.11. The topological polar surface area (TPSA) is 15.3 Å². The minimum absolute atomic E-state index is 0.957. The molecule has 14 heavy (non-hydrogen) atoms. The van der Waals surface area contributed by atoms with Gasteiger partial charge in [-0.05, 0) is 6.42 Å². The molecule has 2 heteroatoms. The zero-order valence-corrected chi connectivity index (χ0v) is 9.05. The second kappa shape index (κ2) is 5.53. The first-order valence-corrected chi connectivity index (χ1v) is 5.27. The molecule has 1 heterocycles. The van der Waals surface area contributed by atoms with Gasteiger partial charge in [-0.1, -0.05) is 38.7 Å². The second-order valence-electron chi connectivity index (χ2n) is 3.63. The molecule has 0 aromatic carbocycles. The minimum Gasteiger partial charge on any atom is -0.355 e. The van der Waals surface area contributed by atoms with E-state index in [1.807, 2.05) is 0 Å². The second-order valence-corrected chi connectivity index (χ2v) is 3.63. The van der Waals surface area contributed by atoms with Gasteiger partial charge in [0.25, 0.3) is 0 Å². The maximum Gasteiger partial charge on any atom is 0.0983 e. The fourth-order valence-corrected chi connectivity index (χ4v) is 1.44. The molecule has 1 aliphatic heterocycles. The van der Waals surface area contributed by atoms with Gasteiger partial charge in [0.1, 0.15) is 0 Å². The molecule has 0 bridgehead atoms. The molecule has 0 saturated carbocycles. The third-order valence-corrected chi connectivity index (χ3v) is 2.33. The summed E-state index contributed by atoms with van der Waals surface area (Å²) >= 11 is 0. The first-order valence-electron chi connectivity index (χ1n) is 5.27. The first-order chi connectivity index (χ1) is 6.74. The van der Waals surface area contributed by atoms with Crippen LogP contribution in [0, 0.1) is 0 Å². The molecule has 0 aromatic rings. The van der Waals surface area contributed by atoms with Crippen molar-refractivity contribution >= 4 is 0 Å². The lowest BCUT2D eigenvalue weighted by molar-refractivity contribution is 0.333. The molecule has 78 valence electrons. The molecule has 0 aliphatic carbocycles. The molecular weight excluding hydrogens is 172 g/mol. The van der Waals surface area contributed by atoms with Crippen molar-refractivity contribution in [2.45, 2.75) is 26.2 Å². The Bertz CT molecular complexity index is 241. The van der Waals surface area contributed by atoms with Crippen LogP contribution in [0.15, 0.2) is 36.8 Å². The van der Waals surface area contributed by atoms with E-state index in [0.717, 1.165) is 31.0 Å². The number of unbranched alkanes of at least 4 members (excludes halogenated alkanes) is 1. The van der Waals surface area contributed by atoms with Crippen molar-refractivity contribution in [3.63, 3.8) is 0 Å². The third kappa shape index (κ3) is 3.29. The van der Waals surface area contributed by atoms with Crippen LogP contribution in [0.3, 0.4) is 0 Å².